The molecule has 1 saturated heterocycles. The lowest BCUT2D eigenvalue weighted by Gasteiger charge is -2.18. The fourth-order valence-electron chi connectivity index (χ4n) is 3.41. The summed E-state index contributed by atoms with van der Waals surface area (Å²) in [6.07, 6.45) is 2.21. The molecule has 9 heteroatoms. The monoisotopic (exact) mass is 430 g/mol. The second-order valence-electron chi connectivity index (χ2n) is 7.22. The quantitative estimate of drug-likeness (QED) is 0.363. The number of hydrogen-bond donors (Lipinski definition) is 1. The van der Waals surface area contributed by atoms with Gasteiger partial charge in [-0.15, -0.1) is 11.3 Å². The van der Waals surface area contributed by atoms with E-state index in [1.807, 2.05) is 32.2 Å². The van der Waals surface area contributed by atoms with Gasteiger partial charge in [-0.2, -0.15) is 0 Å². The van der Waals surface area contributed by atoms with Crippen LogP contribution >= 0.6 is 23.1 Å². The zero-order valence-corrected chi connectivity index (χ0v) is 18.1. The highest BCUT2D eigenvalue weighted by Gasteiger charge is 2.39. The third-order valence-corrected chi connectivity index (χ3v) is 7.16. The van der Waals surface area contributed by atoms with Crippen molar-refractivity contribution in [3.8, 4) is 5.75 Å². The number of aromatic nitrogens is 3. The van der Waals surface area contributed by atoms with E-state index in [1.165, 1.54) is 23.1 Å². The van der Waals surface area contributed by atoms with Gasteiger partial charge in [0.1, 0.15) is 27.2 Å². The molecule has 2 aromatic heterocycles. The first-order valence-corrected chi connectivity index (χ1v) is 11.0. The number of aryl methyl sites for hydroxylation is 1. The molecule has 0 bridgehead atoms. The standard InChI is InChI=1S/C20H22N4O3S2/c1-12-22-15-5-4-13(27-3)8-14(15)18(23-12)28-10-16(25)17-9-21-19(29-17)20(26)6-7-24(2)11-20/h4-5,8-9,26H,6-7,10-11H2,1-3H3. The Bertz CT molecular complexity index is 1070. The van der Waals surface area contributed by atoms with Crippen molar-refractivity contribution >= 4 is 39.8 Å². The largest absolute Gasteiger partial charge is 0.497 e. The van der Waals surface area contributed by atoms with E-state index in [1.54, 1.807) is 13.3 Å². The summed E-state index contributed by atoms with van der Waals surface area (Å²) in [4.78, 5) is 28.7. The van der Waals surface area contributed by atoms with Gasteiger partial charge < -0.3 is 14.7 Å². The number of aliphatic hydroxyl groups is 1. The van der Waals surface area contributed by atoms with Crippen LogP contribution < -0.4 is 4.74 Å². The van der Waals surface area contributed by atoms with Gasteiger partial charge in [-0.1, -0.05) is 11.8 Å². The number of benzene rings is 1. The lowest BCUT2D eigenvalue weighted by atomic mass is 10.1. The summed E-state index contributed by atoms with van der Waals surface area (Å²) in [6.45, 7) is 3.19. The molecular weight excluding hydrogens is 408 g/mol. The van der Waals surface area contributed by atoms with Gasteiger partial charge in [-0.25, -0.2) is 15.0 Å². The van der Waals surface area contributed by atoms with E-state index < -0.39 is 5.60 Å². The Morgan fingerprint density at radius 3 is 2.97 bits per heavy atom. The van der Waals surface area contributed by atoms with Gasteiger partial charge in [-0.05, 0) is 38.6 Å². The number of likely N-dealkylation sites (tertiary alicyclic amines) is 1. The Labute approximate surface area is 177 Å². The highest BCUT2D eigenvalue weighted by atomic mass is 32.2. The van der Waals surface area contributed by atoms with Gasteiger partial charge in [0, 0.05) is 24.7 Å². The van der Waals surface area contributed by atoms with Crippen molar-refractivity contribution in [2.75, 3.05) is 33.0 Å². The van der Waals surface area contributed by atoms with Crippen LogP contribution in [0.25, 0.3) is 10.9 Å². The predicted molar refractivity (Wildman–Crippen MR) is 114 cm³/mol. The molecule has 3 aromatic rings. The fourth-order valence-corrected chi connectivity index (χ4v) is 5.40. The molecule has 0 spiro atoms. The van der Waals surface area contributed by atoms with E-state index in [9.17, 15) is 9.90 Å². The highest BCUT2D eigenvalue weighted by Crippen LogP contribution is 2.35. The Morgan fingerprint density at radius 1 is 1.41 bits per heavy atom. The molecule has 0 saturated carbocycles. The van der Waals surface area contributed by atoms with Gasteiger partial charge >= 0.3 is 0 Å². The summed E-state index contributed by atoms with van der Waals surface area (Å²) >= 11 is 2.66. The van der Waals surface area contributed by atoms with Crippen LogP contribution in [0.3, 0.4) is 0 Å². The minimum Gasteiger partial charge on any atom is -0.497 e. The molecule has 152 valence electrons. The summed E-state index contributed by atoms with van der Waals surface area (Å²) in [5.41, 5.74) is -0.136. The van der Waals surface area contributed by atoms with Crippen LogP contribution in [0, 0.1) is 6.92 Å². The fraction of sp³-hybridized carbons (Fsp3) is 0.400. The molecule has 7 nitrogen and oxygen atoms in total. The van der Waals surface area contributed by atoms with Crippen LogP contribution in [0.2, 0.25) is 0 Å². The van der Waals surface area contributed by atoms with E-state index in [0.29, 0.717) is 28.7 Å². The lowest BCUT2D eigenvalue weighted by molar-refractivity contribution is 0.0486. The van der Waals surface area contributed by atoms with Crippen molar-refractivity contribution in [2.45, 2.75) is 24.0 Å². The second kappa shape index (κ2) is 7.98. The van der Waals surface area contributed by atoms with Crippen molar-refractivity contribution in [2.24, 2.45) is 0 Å². The number of carbonyl (C=O) groups is 1. The minimum absolute atomic E-state index is 0.0268. The maximum Gasteiger partial charge on any atom is 0.184 e. The molecule has 1 aromatic carbocycles. The topological polar surface area (TPSA) is 88.4 Å². The summed E-state index contributed by atoms with van der Waals surface area (Å²) < 4.78 is 5.31. The van der Waals surface area contributed by atoms with Crippen LogP contribution in [0.5, 0.6) is 5.75 Å². The average Bonchev–Trinajstić information content (AvgIpc) is 3.33. The minimum atomic E-state index is -0.957. The maximum absolute atomic E-state index is 12.7. The number of fused-ring (bicyclic) bond motifs is 1. The Kier molecular flexibility index (Phi) is 5.56. The molecule has 1 unspecified atom stereocenters. The number of thioether (sulfide) groups is 1. The number of ether oxygens (including phenoxy) is 1. The van der Waals surface area contributed by atoms with Crippen molar-refractivity contribution < 1.29 is 14.6 Å². The Hall–Kier alpha value is -2.07. The van der Waals surface area contributed by atoms with Crippen molar-refractivity contribution in [1.29, 1.82) is 0 Å². The molecule has 0 aliphatic carbocycles. The van der Waals surface area contributed by atoms with Crippen molar-refractivity contribution in [3.05, 3.63) is 40.1 Å². The summed E-state index contributed by atoms with van der Waals surface area (Å²) in [7, 11) is 3.58. The molecule has 0 amide bonds. The number of ketones is 1. The Morgan fingerprint density at radius 2 is 2.24 bits per heavy atom. The van der Waals surface area contributed by atoms with Gasteiger partial charge in [0.05, 0.1) is 23.3 Å². The van der Waals surface area contributed by atoms with Gasteiger partial charge in [0.15, 0.2) is 5.78 Å². The number of hydrogen-bond acceptors (Lipinski definition) is 9. The van der Waals surface area contributed by atoms with Gasteiger partial charge in [0.2, 0.25) is 0 Å². The molecule has 0 radical (unpaired) electrons. The molecule has 4 rings (SSSR count). The van der Waals surface area contributed by atoms with E-state index >= 15 is 0 Å². The van der Waals surface area contributed by atoms with E-state index in [0.717, 1.165) is 28.2 Å². The first kappa shape index (κ1) is 20.2. The Balaban J connectivity index is 1.52. The van der Waals surface area contributed by atoms with Crippen LogP contribution in [0.15, 0.2) is 29.4 Å². The summed E-state index contributed by atoms with van der Waals surface area (Å²) in [5.74, 6) is 1.59. The third kappa shape index (κ3) is 4.13. The molecule has 1 atom stereocenters. The number of likely N-dealkylation sites (N-methyl/N-ethyl adjacent to an activating group) is 1. The smallest absolute Gasteiger partial charge is 0.184 e. The predicted octanol–water partition coefficient (Wildman–Crippen LogP) is 2.90. The zero-order valence-electron chi connectivity index (χ0n) is 16.5. The molecular formula is C20H22N4O3S2. The van der Waals surface area contributed by atoms with E-state index in [-0.39, 0.29) is 11.5 Å². The van der Waals surface area contributed by atoms with Crippen LogP contribution in [-0.2, 0) is 5.60 Å². The highest BCUT2D eigenvalue weighted by molar-refractivity contribution is 8.00. The van der Waals surface area contributed by atoms with Crippen LogP contribution in [-0.4, -0.2) is 63.7 Å². The van der Waals surface area contributed by atoms with Crippen molar-refractivity contribution in [3.63, 3.8) is 0 Å². The number of thiazole rings is 1. The number of nitrogens with zero attached hydrogens (tertiary/aromatic N) is 4. The van der Waals surface area contributed by atoms with Crippen LogP contribution in [0.4, 0.5) is 0 Å². The molecule has 1 N–H and O–H groups in total. The van der Waals surface area contributed by atoms with E-state index in [2.05, 4.69) is 19.9 Å². The lowest BCUT2D eigenvalue weighted by Crippen LogP contribution is -2.28. The number of Topliss-reactive ketones (excluding diaryl/α,β-unsaturated/α-hetero) is 1. The number of carbonyl (C=O) groups excluding carboxylic acids is 1. The number of rotatable bonds is 6. The average molecular weight is 431 g/mol. The molecule has 1 fully saturated rings. The maximum atomic E-state index is 12.7. The van der Waals surface area contributed by atoms with Gasteiger partial charge in [-0.3, -0.25) is 4.79 Å². The molecule has 3 heterocycles. The van der Waals surface area contributed by atoms with Crippen molar-refractivity contribution in [1.82, 2.24) is 19.9 Å². The third-order valence-electron chi connectivity index (χ3n) is 4.94. The molecule has 1 aliphatic rings. The SMILES string of the molecule is COc1ccc2nc(C)nc(SCC(=O)c3cnc(C4(O)CCN(C)C4)s3)c2c1. The first-order chi connectivity index (χ1) is 13.9. The number of methoxy groups -OCH3 is 1. The molecule has 1 aliphatic heterocycles. The van der Waals surface area contributed by atoms with Crippen LogP contribution in [0.1, 0.15) is 26.9 Å². The molecule has 29 heavy (non-hydrogen) atoms. The van der Waals surface area contributed by atoms with E-state index in [4.69, 9.17) is 4.74 Å². The van der Waals surface area contributed by atoms with Gasteiger partial charge in [0.25, 0.3) is 0 Å². The normalized spacial score (nSPS) is 19.7. The number of β-amino-alcohol motifs (C(OH)–C–C–N with tert-alkyl or cyclic N) is 1. The summed E-state index contributed by atoms with van der Waals surface area (Å²) in [6, 6.07) is 5.64. The second-order valence-corrected chi connectivity index (χ2v) is 9.21. The zero-order chi connectivity index (χ0) is 20.6. The summed E-state index contributed by atoms with van der Waals surface area (Å²) in [5, 5.41) is 13.0. The first-order valence-electron chi connectivity index (χ1n) is 9.23.